The van der Waals surface area contributed by atoms with Crippen LogP contribution in [-0.2, 0) is 13.0 Å². The van der Waals surface area contributed by atoms with Crippen LogP contribution in [0.3, 0.4) is 0 Å². The number of aryl methyl sites for hydroxylation is 2. The van der Waals surface area contributed by atoms with Gasteiger partial charge in [-0.3, -0.25) is 4.79 Å². The van der Waals surface area contributed by atoms with Crippen molar-refractivity contribution in [1.82, 2.24) is 14.9 Å². The highest BCUT2D eigenvalue weighted by Crippen LogP contribution is 2.19. The second-order valence-corrected chi connectivity index (χ2v) is 9.22. The first kappa shape index (κ1) is 25.9. The SMILES string of the molecule is CCCCCCCCCCn1c(CCCCCNC(=O)c2ccc(F)cc2)nc2ccccc21. The van der Waals surface area contributed by atoms with E-state index in [1.807, 2.05) is 0 Å². The Morgan fingerprint density at radius 1 is 0.853 bits per heavy atom. The number of para-hydroxylation sites is 2. The molecule has 0 aliphatic rings. The Balaban J connectivity index is 1.39. The Morgan fingerprint density at radius 2 is 1.53 bits per heavy atom. The molecule has 1 N–H and O–H groups in total. The minimum Gasteiger partial charge on any atom is -0.352 e. The van der Waals surface area contributed by atoms with Crippen molar-refractivity contribution in [2.75, 3.05) is 6.54 Å². The molecule has 0 atom stereocenters. The van der Waals surface area contributed by atoms with Crippen LogP contribution in [0.4, 0.5) is 4.39 Å². The monoisotopic (exact) mass is 465 g/mol. The zero-order valence-electron chi connectivity index (χ0n) is 20.7. The van der Waals surface area contributed by atoms with Crippen LogP contribution in [0.5, 0.6) is 0 Å². The van der Waals surface area contributed by atoms with Gasteiger partial charge >= 0.3 is 0 Å². The molecule has 1 aromatic heterocycles. The molecule has 4 nitrogen and oxygen atoms in total. The van der Waals surface area contributed by atoms with Crippen LogP contribution in [0.25, 0.3) is 11.0 Å². The Kier molecular flexibility index (Phi) is 11.1. The van der Waals surface area contributed by atoms with Crippen LogP contribution in [-0.4, -0.2) is 22.0 Å². The second-order valence-electron chi connectivity index (χ2n) is 9.22. The van der Waals surface area contributed by atoms with Crippen molar-refractivity contribution in [3.8, 4) is 0 Å². The van der Waals surface area contributed by atoms with Gasteiger partial charge in [-0.1, -0.05) is 70.4 Å². The molecule has 0 spiro atoms. The molecule has 184 valence electrons. The average molecular weight is 466 g/mol. The molecule has 2 aromatic carbocycles. The third-order valence-corrected chi connectivity index (χ3v) is 6.44. The van der Waals surface area contributed by atoms with Gasteiger partial charge in [0.05, 0.1) is 11.0 Å². The van der Waals surface area contributed by atoms with E-state index < -0.39 is 0 Å². The van der Waals surface area contributed by atoms with Crippen LogP contribution in [0, 0.1) is 5.82 Å². The fourth-order valence-electron chi connectivity index (χ4n) is 4.46. The van der Waals surface area contributed by atoms with Gasteiger partial charge in [0.25, 0.3) is 5.91 Å². The predicted molar refractivity (Wildman–Crippen MR) is 139 cm³/mol. The average Bonchev–Trinajstić information content (AvgIpc) is 3.20. The Hall–Kier alpha value is -2.69. The summed E-state index contributed by atoms with van der Waals surface area (Å²) in [5.74, 6) is 0.705. The molecule has 0 aliphatic carbocycles. The molecule has 3 aromatic rings. The molecule has 0 unspecified atom stereocenters. The van der Waals surface area contributed by atoms with E-state index in [1.54, 1.807) is 0 Å². The Labute approximate surface area is 204 Å². The highest BCUT2D eigenvalue weighted by Gasteiger charge is 2.10. The Morgan fingerprint density at radius 3 is 2.29 bits per heavy atom. The summed E-state index contributed by atoms with van der Waals surface area (Å²) in [4.78, 5) is 17.0. The minimum absolute atomic E-state index is 0.146. The van der Waals surface area contributed by atoms with E-state index >= 15 is 0 Å². The summed E-state index contributed by atoms with van der Waals surface area (Å²) in [5.41, 5.74) is 2.83. The van der Waals surface area contributed by atoms with Crippen LogP contribution in [0.2, 0.25) is 0 Å². The van der Waals surface area contributed by atoms with Gasteiger partial charge < -0.3 is 9.88 Å². The van der Waals surface area contributed by atoms with Crippen molar-refractivity contribution in [2.24, 2.45) is 0 Å². The molecule has 0 saturated carbocycles. The fourth-order valence-corrected chi connectivity index (χ4v) is 4.46. The second kappa shape index (κ2) is 14.5. The van der Waals surface area contributed by atoms with Crippen molar-refractivity contribution in [3.63, 3.8) is 0 Å². The standard InChI is InChI=1S/C29H40FN3O/c1-2-3-4-5-6-7-8-14-23-33-27-16-12-11-15-26(27)32-28(33)17-10-9-13-22-31-29(34)24-18-20-25(30)21-19-24/h11-12,15-16,18-21H,2-10,13-14,17,22-23H2,1H3,(H,31,34). The molecule has 34 heavy (non-hydrogen) atoms. The zero-order chi connectivity index (χ0) is 24.0. The van der Waals surface area contributed by atoms with Gasteiger partial charge in [-0.2, -0.15) is 0 Å². The Bertz CT molecular complexity index is 996. The van der Waals surface area contributed by atoms with E-state index in [9.17, 15) is 9.18 Å². The number of carbonyl (C=O) groups is 1. The van der Waals surface area contributed by atoms with Crippen LogP contribution in [0.1, 0.15) is 93.7 Å². The van der Waals surface area contributed by atoms with E-state index in [-0.39, 0.29) is 11.7 Å². The number of halogens is 1. The molecule has 1 amide bonds. The van der Waals surface area contributed by atoms with Crippen molar-refractivity contribution in [2.45, 2.75) is 90.5 Å². The number of rotatable bonds is 16. The predicted octanol–water partition coefficient (Wildman–Crippen LogP) is 7.46. The van der Waals surface area contributed by atoms with Crippen LogP contribution < -0.4 is 5.32 Å². The summed E-state index contributed by atoms with van der Waals surface area (Å²) in [5, 5.41) is 2.92. The summed E-state index contributed by atoms with van der Waals surface area (Å²) in [7, 11) is 0. The molecule has 0 fully saturated rings. The lowest BCUT2D eigenvalue weighted by Gasteiger charge is -2.10. The number of hydrogen-bond donors (Lipinski definition) is 1. The van der Waals surface area contributed by atoms with Crippen LogP contribution >= 0.6 is 0 Å². The fraction of sp³-hybridized carbons (Fsp3) is 0.517. The highest BCUT2D eigenvalue weighted by molar-refractivity contribution is 5.94. The first-order valence-electron chi connectivity index (χ1n) is 13.2. The first-order valence-corrected chi connectivity index (χ1v) is 13.2. The van der Waals surface area contributed by atoms with Gasteiger partial charge in [-0.05, 0) is 55.7 Å². The third kappa shape index (κ3) is 8.27. The lowest BCUT2D eigenvalue weighted by molar-refractivity contribution is 0.0953. The quantitative estimate of drug-likeness (QED) is 0.223. The van der Waals surface area contributed by atoms with Gasteiger partial charge in [0.1, 0.15) is 11.6 Å². The van der Waals surface area contributed by atoms with E-state index in [0.29, 0.717) is 12.1 Å². The molecular formula is C29H40FN3O. The summed E-state index contributed by atoms with van der Waals surface area (Å²) >= 11 is 0. The maximum atomic E-state index is 13.0. The summed E-state index contributed by atoms with van der Waals surface area (Å²) < 4.78 is 15.4. The lowest BCUT2D eigenvalue weighted by atomic mass is 10.1. The number of unbranched alkanes of at least 4 members (excludes halogenated alkanes) is 9. The molecule has 0 aliphatic heterocycles. The number of fused-ring (bicyclic) bond motifs is 1. The van der Waals surface area contributed by atoms with E-state index in [4.69, 9.17) is 4.98 Å². The molecule has 0 saturated heterocycles. The molecular weight excluding hydrogens is 425 g/mol. The number of nitrogens with zero attached hydrogens (tertiary/aromatic N) is 2. The third-order valence-electron chi connectivity index (χ3n) is 6.44. The van der Waals surface area contributed by atoms with E-state index in [2.05, 4.69) is 41.1 Å². The van der Waals surface area contributed by atoms with Crippen molar-refractivity contribution in [1.29, 1.82) is 0 Å². The lowest BCUT2D eigenvalue weighted by Crippen LogP contribution is -2.24. The van der Waals surface area contributed by atoms with Crippen molar-refractivity contribution < 1.29 is 9.18 Å². The summed E-state index contributed by atoms with van der Waals surface area (Å²) in [6, 6.07) is 14.1. The maximum absolute atomic E-state index is 13.0. The van der Waals surface area contributed by atoms with Crippen LogP contribution in [0.15, 0.2) is 48.5 Å². The number of carbonyl (C=O) groups excluding carboxylic acids is 1. The molecule has 5 heteroatoms. The summed E-state index contributed by atoms with van der Waals surface area (Å²) in [6.07, 6.45) is 14.6. The van der Waals surface area contributed by atoms with Gasteiger partial charge in [0.2, 0.25) is 0 Å². The van der Waals surface area contributed by atoms with Crippen molar-refractivity contribution in [3.05, 3.63) is 65.7 Å². The van der Waals surface area contributed by atoms with Gasteiger partial charge in [-0.25, -0.2) is 9.37 Å². The number of hydrogen-bond acceptors (Lipinski definition) is 2. The molecule has 1 heterocycles. The van der Waals surface area contributed by atoms with Crippen molar-refractivity contribution >= 4 is 16.9 Å². The number of aromatic nitrogens is 2. The highest BCUT2D eigenvalue weighted by atomic mass is 19.1. The largest absolute Gasteiger partial charge is 0.352 e. The molecule has 3 rings (SSSR count). The number of benzene rings is 2. The zero-order valence-corrected chi connectivity index (χ0v) is 20.7. The number of amides is 1. The summed E-state index contributed by atoms with van der Waals surface area (Å²) in [6.45, 7) is 3.93. The van der Waals surface area contributed by atoms with E-state index in [1.165, 1.54) is 87.0 Å². The smallest absolute Gasteiger partial charge is 0.251 e. The minimum atomic E-state index is -0.329. The topological polar surface area (TPSA) is 46.9 Å². The van der Waals surface area contributed by atoms with Gasteiger partial charge in [0, 0.05) is 25.1 Å². The van der Waals surface area contributed by atoms with E-state index in [0.717, 1.165) is 37.7 Å². The van der Waals surface area contributed by atoms with Gasteiger partial charge in [-0.15, -0.1) is 0 Å². The molecule has 0 radical (unpaired) electrons. The number of imidazole rings is 1. The number of nitrogens with one attached hydrogen (secondary N) is 1. The van der Waals surface area contributed by atoms with Gasteiger partial charge in [0.15, 0.2) is 0 Å². The normalized spacial score (nSPS) is 11.2. The first-order chi connectivity index (χ1) is 16.7. The molecule has 0 bridgehead atoms. The maximum Gasteiger partial charge on any atom is 0.251 e.